The Morgan fingerprint density at radius 2 is 2.25 bits per heavy atom. The molecule has 1 unspecified atom stereocenters. The van der Waals surface area contributed by atoms with E-state index in [9.17, 15) is 4.39 Å². The van der Waals surface area contributed by atoms with Gasteiger partial charge in [0.15, 0.2) is 0 Å². The van der Waals surface area contributed by atoms with Gasteiger partial charge < -0.3 is 5.11 Å². The summed E-state index contributed by atoms with van der Waals surface area (Å²) in [6.07, 6.45) is 0. The van der Waals surface area contributed by atoms with Gasteiger partial charge in [-0.25, -0.2) is 4.39 Å². The smallest absolute Gasteiger partial charge is 0.126 e. The first-order valence-electron chi connectivity index (χ1n) is 3.85. The Morgan fingerprint density at radius 1 is 1.58 bits per heavy atom. The van der Waals surface area contributed by atoms with Crippen LogP contribution >= 0.6 is 0 Å². The molecule has 0 saturated heterocycles. The Labute approximate surface area is 71.9 Å². The molecule has 1 aromatic carbocycles. The van der Waals surface area contributed by atoms with E-state index >= 15 is 0 Å². The zero-order valence-electron chi connectivity index (χ0n) is 7.05. The van der Waals surface area contributed by atoms with Crippen LogP contribution in [0.3, 0.4) is 0 Å². The van der Waals surface area contributed by atoms with E-state index in [0.29, 0.717) is 5.56 Å². The highest BCUT2D eigenvalue weighted by atomic mass is 19.1. The Balaban J connectivity index is 3.07. The van der Waals surface area contributed by atoms with Gasteiger partial charge in [-0.1, -0.05) is 12.1 Å². The van der Waals surface area contributed by atoms with Crippen LogP contribution in [0.25, 0.3) is 0 Å². The molecule has 1 N–H and O–H groups in total. The third kappa shape index (κ3) is 1.64. The molecule has 2 heteroatoms. The minimum Gasteiger partial charge on any atom is -0.396 e. The monoisotopic (exact) mass is 167 g/mol. The summed E-state index contributed by atoms with van der Waals surface area (Å²) in [7, 11) is 0. The van der Waals surface area contributed by atoms with Gasteiger partial charge in [-0.05, 0) is 31.0 Å². The third-order valence-electron chi connectivity index (χ3n) is 1.97. The molecule has 0 aliphatic carbocycles. The quantitative estimate of drug-likeness (QED) is 0.714. The summed E-state index contributed by atoms with van der Waals surface area (Å²) in [6, 6.07) is 4.82. The highest BCUT2D eigenvalue weighted by Crippen LogP contribution is 2.20. The van der Waals surface area contributed by atoms with E-state index < -0.39 is 0 Å². The minimum absolute atomic E-state index is 0.0513. The molecule has 0 aliphatic rings. The fourth-order valence-corrected chi connectivity index (χ4v) is 1.16. The molecule has 0 aromatic heterocycles. The molecule has 0 amide bonds. The van der Waals surface area contributed by atoms with E-state index in [0.717, 1.165) is 5.56 Å². The van der Waals surface area contributed by atoms with Crippen LogP contribution in [0.2, 0.25) is 0 Å². The maximum absolute atomic E-state index is 13.0. The van der Waals surface area contributed by atoms with E-state index in [1.165, 1.54) is 6.07 Å². The van der Waals surface area contributed by atoms with Crippen molar-refractivity contribution in [3.8, 4) is 0 Å². The molecule has 12 heavy (non-hydrogen) atoms. The molecular formula is C10H12FO. The third-order valence-corrected chi connectivity index (χ3v) is 1.97. The first-order chi connectivity index (χ1) is 5.66. The average Bonchev–Trinajstić information content (AvgIpc) is 2.08. The van der Waals surface area contributed by atoms with Crippen molar-refractivity contribution >= 4 is 0 Å². The van der Waals surface area contributed by atoms with Crippen molar-refractivity contribution in [2.75, 3.05) is 6.61 Å². The number of aliphatic hydroxyl groups excluding tert-OH is 1. The van der Waals surface area contributed by atoms with Crippen LogP contribution in [0.15, 0.2) is 18.2 Å². The van der Waals surface area contributed by atoms with Crippen molar-refractivity contribution < 1.29 is 9.50 Å². The summed E-state index contributed by atoms with van der Waals surface area (Å²) in [6.45, 7) is 5.35. The van der Waals surface area contributed by atoms with Gasteiger partial charge in [0, 0.05) is 12.5 Å². The lowest BCUT2D eigenvalue weighted by Crippen LogP contribution is -2.02. The van der Waals surface area contributed by atoms with E-state index in [1.54, 1.807) is 19.1 Å². The lowest BCUT2D eigenvalue weighted by Gasteiger charge is -2.11. The molecule has 0 heterocycles. The van der Waals surface area contributed by atoms with Gasteiger partial charge in [0.05, 0.1) is 0 Å². The molecule has 0 aliphatic heterocycles. The van der Waals surface area contributed by atoms with Crippen molar-refractivity contribution in [1.29, 1.82) is 0 Å². The second kappa shape index (κ2) is 3.68. The molecular weight excluding hydrogens is 155 g/mol. The van der Waals surface area contributed by atoms with Crippen LogP contribution in [-0.4, -0.2) is 11.7 Å². The predicted octanol–water partition coefficient (Wildman–Crippen LogP) is 2.04. The molecule has 1 aromatic rings. The first kappa shape index (κ1) is 9.20. The fourth-order valence-electron chi connectivity index (χ4n) is 1.16. The van der Waals surface area contributed by atoms with Gasteiger partial charge in [0.1, 0.15) is 5.82 Å². The molecule has 0 spiro atoms. The average molecular weight is 167 g/mol. The molecule has 0 fully saturated rings. The van der Waals surface area contributed by atoms with Gasteiger partial charge in [0.25, 0.3) is 0 Å². The second-order valence-corrected chi connectivity index (χ2v) is 2.83. The molecule has 0 bridgehead atoms. The lowest BCUT2D eigenvalue weighted by atomic mass is 9.97. The lowest BCUT2D eigenvalue weighted by molar-refractivity contribution is 0.282. The SMILES string of the molecule is [CH2]C(CO)c1cccc(F)c1C. The number of hydrogen-bond donors (Lipinski definition) is 1. The second-order valence-electron chi connectivity index (χ2n) is 2.83. The summed E-state index contributed by atoms with van der Waals surface area (Å²) in [5.74, 6) is -0.477. The summed E-state index contributed by atoms with van der Waals surface area (Å²) in [5.41, 5.74) is 1.35. The van der Waals surface area contributed by atoms with Crippen molar-refractivity contribution in [1.82, 2.24) is 0 Å². The summed E-state index contributed by atoms with van der Waals surface area (Å²) < 4.78 is 13.0. The van der Waals surface area contributed by atoms with Gasteiger partial charge in [-0.15, -0.1) is 0 Å². The van der Waals surface area contributed by atoms with Crippen molar-refractivity contribution in [2.45, 2.75) is 12.8 Å². The van der Waals surface area contributed by atoms with Gasteiger partial charge >= 0.3 is 0 Å². The summed E-state index contributed by atoms with van der Waals surface area (Å²) in [4.78, 5) is 0. The first-order valence-corrected chi connectivity index (χ1v) is 3.85. The summed E-state index contributed by atoms with van der Waals surface area (Å²) >= 11 is 0. The van der Waals surface area contributed by atoms with Gasteiger partial charge in [-0.3, -0.25) is 0 Å². The van der Waals surface area contributed by atoms with Crippen LogP contribution in [0.4, 0.5) is 4.39 Å². The predicted molar refractivity (Wildman–Crippen MR) is 46.3 cm³/mol. The Morgan fingerprint density at radius 3 is 2.83 bits per heavy atom. The highest BCUT2D eigenvalue weighted by Gasteiger charge is 2.09. The van der Waals surface area contributed by atoms with Crippen molar-refractivity contribution in [2.24, 2.45) is 0 Å². The van der Waals surface area contributed by atoms with Crippen molar-refractivity contribution in [3.05, 3.63) is 42.1 Å². The maximum Gasteiger partial charge on any atom is 0.126 e. The zero-order valence-corrected chi connectivity index (χ0v) is 7.05. The molecule has 65 valence electrons. The van der Waals surface area contributed by atoms with Gasteiger partial charge in [-0.2, -0.15) is 0 Å². The van der Waals surface area contributed by atoms with Gasteiger partial charge in [0.2, 0.25) is 0 Å². The largest absolute Gasteiger partial charge is 0.396 e. The van der Waals surface area contributed by atoms with Crippen LogP contribution in [0, 0.1) is 19.7 Å². The normalized spacial score (nSPS) is 13.0. The Bertz CT molecular complexity index is 271. The Hall–Kier alpha value is -0.890. The number of benzene rings is 1. The standard InChI is InChI=1S/C10H12FO/c1-7(6-12)9-4-3-5-10(11)8(9)2/h3-5,7,12H,1,6H2,2H3. The number of aliphatic hydroxyl groups is 1. The molecule has 1 rings (SSSR count). The van der Waals surface area contributed by atoms with Crippen LogP contribution in [0.1, 0.15) is 17.0 Å². The highest BCUT2D eigenvalue weighted by molar-refractivity contribution is 5.31. The molecule has 1 radical (unpaired) electrons. The van der Waals surface area contributed by atoms with Crippen LogP contribution in [0.5, 0.6) is 0 Å². The van der Waals surface area contributed by atoms with Crippen LogP contribution < -0.4 is 0 Å². The fraction of sp³-hybridized carbons (Fsp3) is 0.300. The number of rotatable bonds is 2. The van der Waals surface area contributed by atoms with E-state index in [1.807, 2.05) is 0 Å². The van der Waals surface area contributed by atoms with E-state index in [4.69, 9.17) is 5.11 Å². The zero-order chi connectivity index (χ0) is 9.14. The van der Waals surface area contributed by atoms with Crippen molar-refractivity contribution in [3.63, 3.8) is 0 Å². The maximum atomic E-state index is 13.0. The molecule has 1 atom stereocenters. The van der Waals surface area contributed by atoms with E-state index in [2.05, 4.69) is 6.92 Å². The molecule has 1 nitrogen and oxygen atoms in total. The number of hydrogen-bond acceptors (Lipinski definition) is 1. The van der Waals surface area contributed by atoms with Crippen LogP contribution in [-0.2, 0) is 0 Å². The van der Waals surface area contributed by atoms with E-state index in [-0.39, 0.29) is 18.3 Å². The topological polar surface area (TPSA) is 20.2 Å². The number of halogens is 1. The minimum atomic E-state index is -0.241. The Kier molecular flexibility index (Phi) is 2.82. The molecule has 0 saturated carbocycles. The summed E-state index contributed by atoms with van der Waals surface area (Å²) in [5, 5.41) is 8.82.